The van der Waals surface area contributed by atoms with Crippen molar-refractivity contribution in [2.24, 2.45) is 0 Å². The summed E-state index contributed by atoms with van der Waals surface area (Å²) in [5, 5.41) is 22.0. The third kappa shape index (κ3) is 5.48. The molecule has 3 heterocycles. The molecule has 200 valence electrons. The molecule has 2 fully saturated rings. The predicted molar refractivity (Wildman–Crippen MR) is 148 cm³/mol. The lowest BCUT2D eigenvalue weighted by Crippen LogP contribution is -2.42. The number of aromatic nitrogens is 1. The molecular weight excluding hydrogens is 518 g/mol. The Morgan fingerprint density at radius 1 is 1.05 bits per heavy atom. The minimum absolute atomic E-state index is 0.0161. The minimum Gasteiger partial charge on any atom is -0.378 e. The minimum atomic E-state index is -0.459. The van der Waals surface area contributed by atoms with Gasteiger partial charge < -0.3 is 14.5 Å². The van der Waals surface area contributed by atoms with Crippen LogP contribution in [0.3, 0.4) is 0 Å². The third-order valence-electron chi connectivity index (χ3n) is 6.87. The van der Waals surface area contributed by atoms with Crippen molar-refractivity contribution in [2.45, 2.75) is 19.3 Å². The number of nitro benzene ring substituents is 1. The monoisotopic (exact) mass is 545 g/mol. The maximum Gasteiger partial charge on any atom is 0.293 e. The van der Waals surface area contributed by atoms with Crippen LogP contribution >= 0.6 is 11.3 Å². The lowest BCUT2D eigenvalue weighted by atomic mass is 10.1. The first-order valence-electron chi connectivity index (χ1n) is 12.8. The zero-order valence-electron chi connectivity index (χ0n) is 21.2. The number of nitrogens with zero attached hydrogens (tertiary/aromatic N) is 5. The molecule has 0 unspecified atom stereocenters. The van der Waals surface area contributed by atoms with Gasteiger partial charge in [-0.05, 0) is 49.1 Å². The fourth-order valence-corrected chi connectivity index (χ4v) is 6.00. The number of hydrogen-bond acceptors (Lipinski definition) is 8. The number of nitro groups is 1. The fourth-order valence-electron chi connectivity index (χ4n) is 4.90. The zero-order valence-corrected chi connectivity index (χ0v) is 22.1. The molecule has 2 aromatic carbocycles. The standard InChI is InChI=1S/C28H27N5O5S/c29-19-22(26(34)31-13-15-38-16-14-31)28-32(21-7-3-1-4-8-21)27(35)25(39-28)18-20-9-10-23(24(17-20)33(36)37)30-11-5-2-6-12-30/h1,3-4,7-10,17-18H,2,5-6,11-16H2/b25-18+,28-22-. The molecule has 1 aromatic heterocycles. The molecule has 0 spiro atoms. The Morgan fingerprint density at radius 3 is 2.44 bits per heavy atom. The molecule has 2 aliphatic heterocycles. The summed E-state index contributed by atoms with van der Waals surface area (Å²) in [7, 11) is 0. The molecular formula is C28H27N5O5S. The number of hydrogen-bond donors (Lipinski definition) is 0. The van der Waals surface area contributed by atoms with Gasteiger partial charge in [-0.3, -0.25) is 24.3 Å². The Kier molecular flexibility index (Phi) is 7.86. The summed E-state index contributed by atoms with van der Waals surface area (Å²) in [6.45, 7) is 3.01. The van der Waals surface area contributed by atoms with Crippen LogP contribution in [0.4, 0.5) is 11.4 Å². The highest BCUT2D eigenvalue weighted by atomic mass is 32.1. The van der Waals surface area contributed by atoms with Crippen molar-refractivity contribution in [3.8, 4) is 11.8 Å². The van der Waals surface area contributed by atoms with Gasteiger partial charge in [0.1, 0.15) is 16.4 Å². The highest BCUT2D eigenvalue weighted by Crippen LogP contribution is 2.31. The van der Waals surface area contributed by atoms with E-state index in [4.69, 9.17) is 4.74 Å². The first kappa shape index (κ1) is 26.3. The SMILES string of the molecule is N#C/C(C(=O)N1CCOCC1)=c1/s/c(=C/c2ccc(N3CCCCC3)c([N+](=O)[O-])c2)c(=O)n1-c1ccccc1. The normalized spacial score (nSPS) is 17.1. The summed E-state index contributed by atoms with van der Waals surface area (Å²) in [6.07, 6.45) is 4.67. The Bertz CT molecular complexity index is 1610. The number of carbonyl (C=O) groups excluding carboxylic acids is 1. The highest BCUT2D eigenvalue weighted by Gasteiger charge is 2.25. The number of thiazole rings is 1. The molecule has 0 bridgehead atoms. The number of anilines is 1. The van der Waals surface area contributed by atoms with Crippen LogP contribution in [-0.4, -0.2) is 59.7 Å². The summed E-state index contributed by atoms with van der Waals surface area (Å²) >= 11 is 1.02. The van der Waals surface area contributed by atoms with Crippen LogP contribution in [-0.2, 0) is 9.53 Å². The molecule has 2 saturated heterocycles. The molecule has 11 heteroatoms. The van der Waals surface area contributed by atoms with E-state index in [0.29, 0.717) is 43.2 Å². The Labute approximate surface area is 228 Å². The molecule has 39 heavy (non-hydrogen) atoms. The van der Waals surface area contributed by atoms with Crippen molar-refractivity contribution < 1.29 is 14.5 Å². The molecule has 0 atom stereocenters. The van der Waals surface area contributed by atoms with Crippen molar-refractivity contribution >= 4 is 40.3 Å². The second kappa shape index (κ2) is 11.6. The van der Waals surface area contributed by atoms with Gasteiger partial charge in [0.05, 0.1) is 28.4 Å². The molecule has 0 N–H and O–H groups in total. The van der Waals surface area contributed by atoms with E-state index in [-0.39, 0.29) is 20.5 Å². The first-order chi connectivity index (χ1) is 19.0. The molecule has 1 amide bonds. The Balaban J connectivity index is 1.67. The second-order valence-corrected chi connectivity index (χ2v) is 10.4. The smallest absolute Gasteiger partial charge is 0.293 e. The van der Waals surface area contributed by atoms with Gasteiger partial charge in [-0.2, -0.15) is 5.26 Å². The van der Waals surface area contributed by atoms with E-state index in [1.54, 1.807) is 47.4 Å². The maximum absolute atomic E-state index is 13.7. The number of carbonyl (C=O) groups is 1. The van der Waals surface area contributed by atoms with Gasteiger partial charge in [0.15, 0.2) is 5.57 Å². The number of rotatable bonds is 5. The number of piperidine rings is 1. The van der Waals surface area contributed by atoms with E-state index in [9.17, 15) is 25.0 Å². The number of amides is 1. The largest absolute Gasteiger partial charge is 0.378 e. The van der Waals surface area contributed by atoms with Crippen LogP contribution in [0.15, 0.2) is 53.3 Å². The number of nitriles is 1. The first-order valence-corrected chi connectivity index (χ1v) is 13.6. The van der Waals surface area contributed by atoms with Crippen molar-refractivity contribution in [3.05, 3.63) is 83.8 Å². The zero-order chi connectivity index (χ0) is 27.4. The van der Waals surface area contributed by atoms with Crippen molar-refractivity contribution in [1.29, 1.82) is 5.26 Å². The molecule has 10 nitrogen and oxygen atoms in total. The topological polar surface area (TPSA) is 122 Å². The average molecular weight is 546 g/mol. The molecule has 3 aromatic rings. The van der Waals surface area contributed by atoms with Gasteiger partial charge in [-0.15, -0.1) is 11.3 Å². The number of ether oxygens (including phenoxy) is 1. The van der Waals surface area contributed by atoms with Crippen molar-refractivity contribution in [3.63, 3.8) is 0 Å². The van der Waals surface area contributed by atoms with Crippen molar-refractivity contribution in [1.82, 2.24) is 9.47 Å². The summed E-state index contributed by atoms with van der Waals surface area (Å²) in [5.74, 6) is -0.459. The molecule has 0 saturated carbocycles. The fraction of sp³-hybridized carbons (Fsp3) is 0.321. The average Bonchev–Trinajstić information content (AvgIpc) is 3.29. The number of benzene rings is 2. The Morgan fingerprint density at radius 2 is 1.77 bits per heavy atom. The van der Waals surface area contributed by atoms with Crippen LogP contribution in [0.2, 0.25) is 0 Å². The van der Waals surface area contributed by atoms with Crippen LogP contribution in [0.1, 0.15) is 24.8 Å². The molecule has 0 radical (unpaired) electrons. The van der Waals surface area contributed by atoms with Crippen molar-refractivity contribution in [2.75, 3.05) is 44.3 Å². The van der Waals surface area contributed by atoms with E-state index >= 15 is 0 Å². The van der Waals surface area contributed by atoms with E-state index in [0.717, 1.165) is 43.7 Å². The lowest BCUT2D eigenvalue weighted by Gasteiger charge is -2.28. The van der Waals surface area contributed by atoms with Crippen LogP contribution in [0.5, 0.6) is 0 Å². The molecule has 0 aliphatic carbocycles. The lowest BCUT2D eigenvalue weighted by molar-refractivity contribution is -0.384. The van der Waals surface area contributed by atoms with Crippen LogP contribution < -0.4 is 19.7 Å². The van der Waals surface area contributed by atoms with E-state index in [1.165, 1.54) is 10.6 Å². The van der Waals surface area contributed by atoms with Gasteiger partial charge >= 0.3 is 0 Å². The number of para-hydroxylation sites is 1. The highest BCUT2D eigenvalue weighted by molar-refractivity contribution is 7.07. The summed E-state index contributed by atoms with van der Waals surface area (Å²) in [6, 6.07) is 15.8. The van der Waals surface area contributed by atoms with Gasteiger partial charge in [0.25, 0.3) is 17.2 Å². The maximum atomic E-state index is 13.7. The molecule has 2 aliphatic rings. The summed E-state index contributed by atoms with van der Waals surface area (Å²) in [4.78, 5) is 42.1. The molecule has 5 rings (SSSR count). The van der Waals surface area contributed by atoms with Crippen LogP contribution in [0, 0.1) is 21.4 Å². The third-order valence-corrected chi connectivity index (χ3v) is 7.96. The van der Waals surface area contributed by atoms with E-state index < -0.39 is 16.4 Å². The number of morpholine rings is 1. The predicted octanol–water partition coefficient (Wildman–Crippen LogP) is 2.16. The second-order valence-electron chi connectivity index (χ2n) is 9.34. The van der Waals surface area contributed by atoms with Gasteiger partial charge in [0, 0.05) is 32.2 Å². The van der Waals surface area contributed by atoms with Gasteiger partial charge in [0.2, 0.25) is 0 Å². The van der Waals surface area contributed by atoms with Gasteiger partial charge in [-0.25, -0.2) is 0 Å². The van der Waals surface area contributed by atoms with E-state index in [1.807, 2.05) is 17.0 Å². The van der Waals surface area contributed by atoms with Gasteiger partial charge in [-0.1, -0.05) is 24.3 Å². The summed E-state index contributed by atoms with van der Waals surface area (Å²) < 4.78 is 7.17. The van der Waals surface area contributed by atoms with Crippen LogP contribution in [0.25, 0.3) is 17.3 Å². The summed E-state index contributed by atoms with van der Waals surface area (Å²) in [5.41, 5.74) is 1.02. The van der Waals surface area contributed by atoms with E-state index in [2.05, 4.69) is 0 Å². The Hall–Kier alpha value is -4.27. The quantitative estimate of drug-likeness (QED) is 0.356.